The zero-order valence-electron chi connectivity index (χ0n) is 41.2. The van der Waals surface area contributed by atoms with Gasteiger partial charge < -0.3 is 48.4 Å². The zero-order valence-corrected chi connectivity index (χ0v) is 42.8. The molecule has 3 fully saturated rings. The fraction of sp³-hybridized carbons (Fsp3) is 0.531. The number of nitrogens with one attached hydrogen (secondary N) is 2. The van der Waals surface area contributed by atoms with Gasteiger partial charge in [-0.1, -0.05) is 36.8 Å². The highest BCUT2D eigenvalue weighted by Gasteiger charge is 2.46. The van der Waals surface area contributed by atoms with Crippen LogP contribution in [0.15, 0.2) is 59.8 Å². The first-order valence-electron chi connectivity index (χ1n) is 23.3. The van der Waals surface area contributed by atoms with Crippen molar-refractivity contribution in [2.45, 2.75) is 107 Å². The molecule has 2 aliphatic heterocycles. The highest BCUT2D eigenvalue weighted by atomic mass is 33.1. The Morgan fingerprint density at radius 3 is 1.94 bits per heavy atom. The summed E-state index contributed by atoms with van der Waals surface area (Å²) in [6, 6.07) is 8.09. The van der Waals surface area contributed by atoms with Crippen LogP contribution >= 0.6 is 21.6 Å². The second-order valence-corrected chi connectivity index (χ2v) is 22.1. The summed E-state index contributed by atoms with van der Waals surface area (Å²) in [5, 5.41) is 37.2. The van der Waals surface area contributed by atoms with Crippen molar-refractivity contribution >= 4 is 62.7 Å². The van der Waals surface area contributed by atoms with Gasteiger partial charge in [-0.05, 0) is 100 Å². The van der Waals surface area contributed by atoms with Crippen molar-refractivity contribution in [2.24, 2.45) is 5.41 Å². The molecular formula is C49H64N6O14S2. The van der Waals surface area contributed by atoms with Gasteiger partial charge in [0.1, 0.15) is 23.4 Å². The van der Waals surface area contributed by atoms with E-state index in [9.17, 15) is 39.5 Å². The molecule has 1 saturated carbocycles. The number of amides is 4. The molecular weight excluding hydrogens is 961 g/mol. The van der Waals surface area contributed by atoms with Gasteiger partial charge in [0.2, 0.25) is 0 Å². The maximum atomic E-state index is 14.1. The van der Waals surface area contributed by atoms with Crippen molar-refractivity contribution in [3.05, 3.63) is 76.0 Å². The number of hydrogen-bond donors (Lipinski definition) is 4. The van der Waals surface area contributed by atoms with Gasteiger partial charge in [0.25, 0.3) is 17.5 Å². The Bertz CT molecular complexity index is 2450. The molecule has 6 rings (SSSR count). The van der Waals surface area contributed by atoms with Gasteiger partial charge in [-0.25, -0.2) is 14.6 Å². The standard InChI is InChI=1S/C49H64N6O14S2/c1-30-18-32(26-56)53(25-30)43(58)34-19-38(64-7)40(21-36(34)51-45(60)68-29-49(14-15-49)71-70-42-13-12-31(24-50-42)55(62)63)66-16-10-9-11-17-67-41-22-37(52-46(61)69-47(2,3)4)35(20-39(41)65-8)44(59)54-28-48(5,6)23-33(54)27-57/h12-13,19-22,24,32-33,56-57H,1,9-11,14-18,23,25-29H2,2-8H3,(H,51,60)(H,52,61)/t32-,33-/m0/s1. The number of carbonyl (C=O) groups is 4. The molecule has 3 aromatic rings. The normalized spacial score (nSPS) is 17.8. The van der Waals surface area contributed by atoms with Crippen molar-refractivity contribution < 1.29 is 62.7 Å². The van der Waals surface area contributed by atoms with Crippen LogP contribution in [-0.4, -0.2) is 137 Å². The topological polar surface area (TPSA) is 251 Å². The number of aliphatic hydroxyl groups is 2. The molecule has 2 aromatic carbocycles. The first-order chi connectivity index (χ1) is 33.7. The van der Waals surface area contributed by atoms with Gasteiger partial charge >= 0.3 is 12.2 Å². The average molecular weight is 1030 g/mol. The summed E-state index contributed by atoms with van der Waals surface area (Å²) in [5.41, 5.74) is 0.171. The quantitative estimate of drug-likeness (QED) is 0.0242. The van der Waals surface area contributed by atoms with Crippen LogP contribution in [0, 0.1) is 15.5 Å². The third-order valence-corrected chi connectivity index (χ3v) is 15.1. The number of ether oxygens (including phenoxy) is 6. The summed E-state index contributed by atoms with van der Waals surface area (Å²) in [6.45, 7) is 13.9. The summed E-state index contributed by atoms with van der Waals surface area (Å²) in [5.74, 6) is 0.223. The first-order valence-corrected chi connectivity index (χ1v) is 25.4. The van der Waals surface area contributed by atoms with Crippen molar-refractivity contribution in [1.82, 2.24) is 14.8 Å². The number of methoxy groups -OCH3 is 2. The van der Waals surface area contributed by atoms with Crippen LogP contribution in [-0.2, 0) is 9.47 Å². The number of rotatable bonds is 22. The number of likely N-dealkylation sites (tertiary alicyclic amines) is 2. The van der Waals surface area contributed by atoms with Crippen LogP contribution in [0.2, 0.25) is 0 Å². The Hall–Kier alpha value is -5.97. The van der Waals surface area contributed by atoms with Gasteiger partial charge in [0.15, 0.2) is 23.0 Å². The van der Waals surface area contributed by atoms with E-state index in [1.165, 1.54) is 77.2 Å². The monoisotopic (exact) mass is 1020 g/mol. The summed E-state index contributed by atoms with van der Waals surface area (Å²) >= 11 is 0. The van der Waals surface area contributed by atoms with E-state index >= 15 is 0 Å². The minimum atomic E-state index is -0.805. The molecule has 1 aromatic heterocycles. The predicted octanol–water partition coefficient (Wildman–Crippen LogP) is 8.50. The predicted molar refractivity (Wildman–Crippen MR) is 268 cm³/mol. The molecule has 4 amide bonds. The number of aliphatic hydroxyl groups excluding tert-OH is 2. The largest absolute Gasteiger partial charge is 0.493 e. The molecule has 3 aliphatic rings. The van der Waals surface area contributed by atoms with Gasteiger partial charge in [-0.15, -0.1) is 0 Å². The molecule has 0 spiro atoms. The summed E-state index contributed by atoms with van der Waals surface area (Å²) in [7, 11) is 5.69. The minimum absolute atomic E-state index is 0.0551. The van der Waals surface area contributed by atoms with Crippen LogP contribution in [0.4, 0.5) is 26.7 Å². The van der Waals surface area contributed by atoms with Crippen LogP contribution in [0.25, 0.3) is 0 Å². The Balaban J connectivity index is 1.09. The number of carbonyl (C=O) groups excluding carboxylic acids is 4. The van der Waals surface area contributed by atoms with Crippen molar-refractivity contribution in [3.8, 4) is 23.0 Å². The second kappa shape index (κ2) is 23.5. The molecule has 0 bridgehead atoms. The van der Waals surface area contributed by atoms with Crippen LogP contribution in [0.5, 0.6) is 23.0 Å². The lowest BCUT2D eigenvalue weighted by molar-refractivity contribution is -0.385. The Kier molecular flexibility index (Phi) is 18.0. The number of unbranched alkanes of at least 4 members (excludes halogenated alkanes) is 2. The molecule has 2 atom stereocenters. The van der Waals surface area contributed by atoms with E-state index in [0.29, 0.717) is 43.7 Å². The van der Waals surface area contributed by atoms with Crippen molar-refractivity contribution in [3.63, 3.8) is 0 Å². The van der Waals surface area contributed by atoms with Crippen LogP contribution < -0.4 is 29.6 Å². The van der Waals surface area contributed by atoms with Gasteiger partial charge in [-0.3, -0.25) is 30.3 Å². The Morgan fingerprint density at radius 1 is 0.859 bits per heavy atom. The van der Waals surface area contributed by atoms with E-state index in [1.54, 1.807) is 31.7 Å². The van der Waals surface area contributed by atoms with E-state index in [-0.39, 0.29) is 107 Å². The third kappa shape index (κ3) is 14.6. The fourth-order valence-electron chi connectivity index (χ4n) is 8.17. The molecule has 2 saturated heterocycles. The van der Waals surface area contributed by atoms with Gasteiger partial charge in [-0.2, -0.15) is 0 Å². The average Bonchev–Trinajstić information content (AvgIpc) is 3.88. The molecule has 1 aliphatic carbocycles. The lowest BCUT2D eigenvalue weighted by Crippen LogP contribution is -2.38. The van der Waals surface area contributed by atoms with E-state index in [2.05, 4.69) is 22.2 Å². The van der Waals surface area contributed by atoms with E-state index in [4.69, 9.17) is 28.4 Å². The number of nitrogens with zero attached hydrogens (tertiary/aromatic N) is 4. The number of benzene rings is 2. The van der Waals surface area contributed by atoms with Gasteiger partial charge in [0.05, 0.1) is 84.9 Å². The highest BCUT2D eigenvalue weighted by molar-refractivity contribution is 8.77. The van der Waals surface area contributed by atoms with Crippen LogP contribution in [0.3, 0.4) is 0 Å². The first kappa shape index (κ1) is 54.4. The van der Waals surface area contributed by atoms with Gasteiger partial charge in [0, 0.05) is 31.3 Å². The molecule has 386 valence electrons. The van der Waals surface area contributed by atoms with E-state index in [1.807, 2.05) is 13.8 Å². The molecule has 4 N–H and O–H groups in total. The summed E-state index contributed by atoms with van der Waals surface area (Å²) in [4.78, 5) is 72.3. The molecule has 22 heteroatoms. The summed E-state index contributed by atoms with van der Waals surface area (Å²) in [6.07, 6.45) is 3.99. The fourth-order valence-corrected chi connectivity index (χ4v) is 10.8. The Morgan fingerprint density at radius 2 is 1.44 bits per heavy atom. The van der Waals surface area contributed by atoms with E-state index < -0.39 is 40.7 Å². The highest BCUT2D eigenvalue weighted by Crippen LogP contribution is 2.55. The number of aromatic nitrogens is 1. The van der Waals surface area contributed by atoms with E-state index in [0.717, 1.165) is 18.4 Å². The number of pyridine rings is 1. The Labute approximate surface area is 421 Å². The number of nitro groups is 1. The van der Waals surface area contributed by atoms with Crippen LogP contribution in [0.1, 0.15) is 100 Å². The SMILES string of the molecule is C=C1C[C@@H](CO)N(C(=O)c2cc(OC)c(OCCCCCOc3cc(NC(=O)OC(C)(C)C)c(C(=O)N4CC(C)(C)C[C@H]4CO)cc3OC)cc2NC(=O)OCC2(SSc3ccc([N+](=O)[O-])cn3)CC2)C1. The molecule has 20 nitrogen and oxygen atoms in total. The number of hydrogen-bond acceptors (Lipinski definition) is 17. The maximum absolute atomic E-state index is 14.1. The number of anilines is 2. The summed E-state index contributed by atoms with van der Waals surface area (Å²) < 4.78 is 34.4. The van der Waals surface area contributed by atoms with Crippen molar-refractivity contribution in [2.75, 3.05) is 71.0 Å². The minimum Gasteiger partial charge on any atom is -0.493 e. The zero-order chi connectivity index (χ0) is 51.7. The lowest BCUT2D eigenvalue weighted by Gasteiger charge is -2.26. The molecule has 0 unspecified atom stereocenters. The molecule has 0 radical (unpaired) electrons. The maximum Gasteiger partial charge on any atom is 0.412 e. The lowest BCUT2D eigenvalue weighted by atomic mass is 9.91. The molecule has 71 heavy (non-hydrogen) atoms. The molecule has 3 heterocycles. The second-order valence-electron chi connectivity index (χ2n) is 19.5. The smallest absolute Gasteiger partial charge is 0.412 e. The van der Waals surface area contributed by atoms with Crippen molar-refractivity contribution in [1.29, 1.82) is 0 Å². The third-order valence-electron chi connectivity index (χ3n) is 11.9.